The molecule has 0 saturated heterocycles. The summed E-state index contributed by atoms with van der Waals surface area (Å²) >= 11 is 0. The Kier molecular flexibility index (Phi) is 7.11. The number of anilines is 3. The number of hydrogen-bond donors (Lipinski definition) is 0. The van der Waals surface area contributed by atoms with Crippen molar-refractivity contribution < 1.29 is 0 Å². The Bertz CT molecular complexity index is 1360. The van der Waals surface area contributed by atoms with Crippen molar-refractivity contribution >= 4 is 40.9 Å². The highest BCUT2D eigenvalue weighted by atomic mass is 31.1. The van der Waals surface area contributed by atoms with Gasteiger partial charge in [0, 0.05) is 17.1 Å². The minimum Gasteiger partial charge on any atom is -0.311 e. The Morgan fingerprint density at radius 3 is 1.03 bits per heavy atom. The van der Waals surface area contributed by atoms with Crippen LogP contribution in [0.3, 0.4) is 0 Å². The maximum atomic E-state index is 2.30. The highest BCUT2D eigenvalue weighted by Crippen LogP contribution is 2.36. The normalized spacial score (nSPS) is 10.9. The monoisotopic (exact) mass is 505 g/mol. The standard InChI is InChI=1S/C36H28NP/c1-5-13-31(14-6-1)37(32-15-7-2-8-16-32)33-25-21-29(22-26-33)30-23-27-36(28-24-30)38(34-17-9-3-10-18-34)35-19-11-4-12-20-35/h1-28H. The van der Waals surface area contributed by atoms with E-state index in [1.807, 2.05) is 0 Å². The van der Waals surface area contributed by atoms with Crippen molar-refractivity contribution in [1.29, 1.82) is 0 Å². The summed E-state index contributed by atoms with van der Waals surface area (Å²) in [4.78, 5) is 2.29. The zero-order valence-electron chi connectivity index (χ0n) is 21.1. The molecule has 0 amide bonds. The number of benzene rings is 6. The molecule has 6 rings (SSSR count). The quantitative estimate of drug-likeness (QED) is 0.196. The molecule has 0 fully saturated rings. The van der Waals surface area contributed by atoms with Gasteiger partial charge in [0.2, 0.25) is 0 Å². The Balaban J connectivity index is 1.31. The lowest BCUT2D eigenvalue weighted by molar-refractivity contribution is 1.28. The van der Waals surface area contributed by atoms with Gasteiger partial charge in [0.25, 0.3) is 0 Å². The van der Waals surface area contributed by atoms with E-state index in [2.05, 4.69) is 175 Å². The highest BCUT2D eigenvalue weighted by Gasteiger charge is 2.16. The molecule has 182 valence electrons. The summed E-state index contributed by atoms with van der Waals surface area (Å²) in [5.74, 6) is 0. The van der Waals surface area contributed by atoms with Crippen LogP contribution < -0.4 is 20.8 Å². The van der Waals surface area contributed by atoms with E-state index in [-0.39, 0.29) is 0 Å². The molecule has 0 spiro atoms. The zero-order valence-corrected chi connectivity index (χ0v) is 22.0. The molecule has 0 aliphatic carbocycles. The summed E-state index contributed by atoms with van der Waals surface area (Å²) in [6, 6.07) is 60.8. The average molecular weight is 506 g/mol. The van der Waals surface area contributed by atoms with Crippen molar-refractivity contribution in [2.75, 3.05) is 4.90 Å². The molecule has 0 heterocycles. The van der Waals surface area contributed by atoms with Crippen LogP contribution in [0.15, 0.2) is 170 Å². The Hall–Kier alpha value is -4.45. The molecule has 0 unspecified atom stereocenters. The number of rotatable bonds is 7. The maximum Gasteiger partial charge on any atom is 0.0462 e. The van der Waals surface area contributed by atoms with Gasteiger partial charge in [-0.2, -0.15) is 0 Å². The van der Waals surface area contributed by atoms with E-state index in [1.54, 1.807) is 0 Å². The van der Waals surface area contributed by atoms with E-state index in [4.69, 9.17) is 0 Å². The van der Waals surface area contributed by atoms with Crippen LogP contribution in [0.25, 0.3) is 11.1 Å². The van der Waals surface area contributed by atoms with Crippen molar-refractivity contribution in [3.63, 3.8) is 0 Å². The summed E-state index contributed by atoms with van der Waals surface area (Å²) in [5.41, 5.74) is 5.86. The number of hydrogen-bond acceptors (Lipinski definition) is 1. The van der Waals surface area contributed by atoms with Crippen LogP contribution in [0.1, 0.15) is 0 Å². The van der Waals surface area contributed by atoms with Crippen LogP contribution in [-0.2, 0) is 0 Å². The SMILES string of the molecule is c1ccc(N(c2ccccc2)c2ccc(-c3ccc(P(c4ccccc4)c4ccccc4)cc3)cc2)cc1. The molecule has 0 radical (unpaired) electrons. The first-order valence-corrected chi connectivity index (χ1v) is 14.2. The Morgan fingerprint density at radius 1 is 0.289 bits per heavy atom. The molecule has 38 heavy (non-hydrogen) atoms. The van der Waals surface area contributed by atoms with Crippen molar-refractivity contribution in [2.45, 2.75) is 0 Å². The molecule has 0 aromatic heterocycles. The van der Waals surface area contributed by atoms with Crippen LogP contribution in [0.4, 0.5) is 17.1 Å². The van der Waals surface area contributed by atoms with Gasteiger partial charge in [0.05, 0.1) is 0 Å². The van der Waals surface area contributed by atoms with Gasteiger partial charge in [0.1, 0.15) is 0 Å². The lowest BCUT2D eigenvalue weighted by atomic mass is 10.0. The molecule has 0 bridgehead atoms. The van der Waals surface area contributed by atoms with Crippen LogP contribution in [-0.4, -0.2) is 0 Å². The van der Waals surface area contributed by atoms with Crippen molar-refractivity contribution in [1.82, 2.24) is 0 Å². The highest BCUT2D eigenvalue weighted by molar-refractivity contribution is 7.79. The Morgan fingerprint density at radius 2 is 0.605 bits per heavy atom. The maximum absolute atomic E-state index is 2.30. The molecular formula is C36H28NP. The molecule has 0 N–H and O–H groups in total. The van der Waals surface area contributed by atoms with Crippen molar-refractivity contribution in [3.05, 3.63) is 170 Å². The van der Waals surface area contributed by atoms with Gasteiger partial charge in [-0.1, -0.05) is 133 Å². The average Bonchev–Trinajstić information content (AvgIpc) is 3.00. The fourth-order valence-corrected chi connectivity index (χ4v) is 7.09. The van der Waals surface area contributed by atoms with Crippen LogP contribution in [0, 0.1) is 0 Å². The second-order valence-electron chi connectivity index (χ2n) is 9.11. The van der Waals surface area contributed by atoms with E-state index in [1.165, 1.54) is 27.0 Å². The fraction of sp³-hybridized carbons (Fsp3) is 0. The molecule has 2 heteroatoms. The van der Waals surface area contributed by atoms with Crippen molar-refractivity contribution in [2.24, 2.45) is 0 Å². The van der Waals surface area contributed by atoms with E-state index >= 15 is 0 Å². The minimum absolute atomic E-state index is 0.599. The Labute approximate surface area is 226 Å². The summed E-state index contributed by atoms with van der Waals surface area (Å²) in [6.45, 7) is 0. The third kappa shape index (κ3) is 5.16. The minimum atomic E-state index is -0.599. The van der Waals surface area contributed by atoms with Gasteiger partial charge >= 0.3 is 0 Å². The van der Waals surface area contributed by atoms with Gasteiger partial charge in [-0.15, -0.1) is 0 Å². The molecule has 0 saturated carbocycles. The molecule has 0 aliphatic rings. The van der Waals surface area contributed by atoms with E-state index in [0.717, 1.165) is 17.1 Å². The second-order valence-corrected chi connectivity index (χ2v) is 11.3. The molecule has 0 atom stereocenters. The third-order valence-electron chi connectivity index (χ3n) is 6.64. The topological polar surface area (TPSA) is 3.24 Å². The smallest absolute Gasteiger partial charge is 0.0462 e. The van der Waals surface area contributed by atoms with Gasteiger partial charge in [-0.25, -0.2) is 0 Å². The summed E-state index contributed by atoms with van der Waals surface area (Å²) in [5, 5.41) is 4.09. The van der Waals surface area contributed by atoms with Crippen molar-refractivity contribution in [3.8, 4) is 11.1 Å². The van der Waals surface area contributed by atoms with Gasteiger partial charge in [-0.05, 0) is 71.4 Å². The molecule has 1 nitrogen and oxygen atoms in total. The largest absolute Gasteiger partial charge is 0.311 e. The number of para-hydroxylation sites is 2. The lowest BCUT2D eigenvalue weighted by Crippen LogP contribution is -2.20. The fourth-order valence-electron chi connectivity index (χ4n) is 4.81. The predicted octanol–water partition coefficient (Wildman–Crippen LogP) is 8.58. The van der Waals surface area contributed by atoms with Gasteiger partial charge < -0.3 is 4.90 Å². The number of nitrogens with zero attached hydrogens (tertiary/aromatic N) is 1. The van der Waals surface area contributed by atoms with Gasteiger partial charge in [0.15, 0.2) is 0 Å². The van der Waals surface area contributed by atoms with E-state index in [0.29, 0.717) is 0 Å². The first-order valence-electron chi connectivity index (χ1n) is 12.9. The van der Waals surface area contributed by atoms with Crippen LogP contribution in [0.2, 0.25) is 0 Å². The van der Waals surface area contributed by atoms with E-state index in [9.17, 15) is 0 Å². The molecular weight excluding hydrogens is 477 g/mol. The van der Waals surface area contributed by atoms with Crippen LogP contribution in [0.5, 0.6) is 0 Å². The third-order valence-corrected chi connectivity index (χ3v) is 9.09. The zero-order chi connectivity index (χ0) is 25.6. The van der Waals surface area contributed by atoms with E-state index < -0.39 is 7.92 Å². The first kappa shape index (κ1) is 23.9. The predicted molar refractivity (Wildman–Crippen MR) is 165 cm³/mol. The molecule has 6 aromatic carbocycles. The van der Waals surface area contributed by atoms with Crippen LogP contribution >= 0.6 is 7.92 Å². The first-order chi connectivity index (χ1) is 18.9. The summed E-state index contributed by atoms with van der Waals surface area (Å²) in [7, 11) is -0.599. The molecule has 0 aliphatic heterocycles. The summed E-state index contributed by atoms with van der Waals surface area (Å²) in [6.07, 6.45) is 0. The molecule has 6 aromatic rings. The lowest BCUT2D eigenvalue weighted by Gasteiger charge is -2.25. The summed E-state index contributed by atoms with van der Waals surface area (Å²) < 4.78 is 0. The second kappa shape index (κ2) is 11.3. The van der Waals surface area contributed by atoms with Gasteiger partial charge in [-0.3, -0.25) is 0 Å².